The maximum Gasteiger partial charge on any atom is 0.186 e. The first-order valence-corrected chi connectivity index (χ1v) is 15.4. The normalized spacial score (nSPS) is 14.2. The van der Waals surface area contributed by atoms with Crippen LogP contribution in [0, 0.1) is 0 Å². The molecule has 2 heterocycles. The Balaban J connectivity index is 1.19. The van der Waals surface area contributed by atoms with E-state index in [-0.39, 0.29) is 5.84 Å². The van der Waals surface area contributed by atoms with E-state index in [1.54, 1.807) is 12.1 Å². The molecule has 9 nitrogen and oxygen atoms in total. The lowest BCUT2D eigenvalue weighted by Gasteiger charge is -2.29. The van der Waals surface area contributed by atoms with E-state index in [2.05, 4.69) is 40.9 Å². The molecule has 1 aliphatic heterocycles. The minimum Gasteiger partial charge on any atom is -0.494 e. The molecule has 1 aromatic heterocycles. The third kappa shape index (κ3) is 9.08. The summed E-state index contributed by atoms with van der Waals surface area (Å²) in [6.45, 7) is 12.4. The van der Waals surface area contributed by atoms with Crippen molar-refractivity contribution < 1.29 is 19.4 Å². The van der Waals surface area contributed by atoms with Gasteiger partial charge in [-0.05, 0) is 81.1 Å². The monoisotopic (exact) mass is 581 g/mol. The standard InChI is InChI=1S/C31H43N5O4S/c1-3-28-29(33-31(41-28)36(4-2)17-16-35-18-22-38-23-19-35)24-8-12-26(13-9-24)39-20-6-5-7-21-40-27-14-10-25(11-15-27)30(32)34-37/h8-15,37H,3-7,16-23H2,1-2H3,(H2,32,34). The molecule has 1 fully saturated rings. The second-order valence-corrected chi connectivity index (χ2v) is 11.0. The molecule has 10 heteroatoms. The zero-order chi connectivity index (χ0) is 28.9. The van der Waals surface area contributed by atoms with Crippen molar-refractivity contribution in [3.63, 3.8) is 0 Å². The van der Waals surface area contributed by atoms with Gasteiger partial charge in [0.05, 0.1) is 32.1 Å². The van der Waals surface area contributed by atoms with Gasteiger partial charge in [-0.25, -0.2) is 4.98 Å². The number of morpholine rings is 1. The van der Waals surface area contributed by atoms with E-state index in [0.29, 0.717) is 18.8 Å². The van der Waals surface area contributed by atoms with E-state index >= 15 is 0 Å². The summed E-state index contributed by atoms with van der Waals surface area (Å²) >= 11 is 1.81. The van der Waals surface area contributed by atoms with Crippen LogP contribution in [0.2, 0.25) is 0 Å². The molecule has 3 N–H and O–H groups in total. The molecule has 4 rings (SSSR count). The molecule has 1 saturated heterocycles. The number of likely N-dealkylation sites (N-methyl/N-ethyl adjacent to an activating group) is 1. The first-order chi connectivity index (χ1) is 20.1. The van der Waals surface area contributed by atoms with Gasteiger partial charge in [-0.2, -0.15) is 0 Å². The predicted octanol–water partition coefficient (Wildman–Crippen LogP) is 5.25. The first kappa shape index (κ1) is 30.6. The van der Waals surface area contributed by atoms with Crippen LogP contribution < -0.4 is 20.1 Å². The Morgan fingerprint density at radius 3 is 2.22 bits per heavy atom. The number of nitrogens with zero attached hydrogens (tertiary/aromatic N) is 4. The third-order valence-electron chi connectivity index (χ3n) is 7.16. The molecule has 222 valence electrons. The van der Waals surface area contributed by atoms with Crippen molar-refractivity contribution in [3.05, 3.63) is 59.0 Å². The van der Waals surface area contributed by atoms with Crippen LogP contribution >= 0.6 is 11.3 Å². The van der Waals surface area contributed by atoms with E-state index in [9.17, 15) is 0 Å². The van der Waals surface area contributed by atoms with Crippen LogP contribution in [-0.4, -0.2) is 80.1 Å². The summed E-state index contributed by atoms with van der Waals surface area (Å²) in [6, 6.07) is 15.5. The number of hydrogen-bond acceptors (Lipinski definition) is 9. The second kappa shape index (κ2) is 16.2. The summed E-state index contributed by atoms with van der Waals surface area (Å²) in [6.07, 6.45) is 3.88. The minimum absolute atomic E-state index is 0.0863. The van der Waals surface area contributed by atoms with Crippen molar-refractivity contribution in [2.75, 3.05) is 64.1 Å². The Hall–Kier alpha value is -3.34. The number of amidine groups is 1. The molecule has 0 atom stereocenters. The molecule has 2 aromatic carbocycles. The van der Waals surface area contributed by atoms with Gasteiger partial charge < -0.3 is 30.1 Å². The number of oxime groups is 1. The van der Waals surface area contributed by atoms with E-state index in [1.807, 2.05) is 35.6 Å². The van der Waals surface area contributed by atoms with E-state index in [1.165, 1.54) is 4.88 Å². The van der Waals surface area contributed by atoms with Gasteiger partial charge in [-0.1, -0.05) is 12.1 Å². The van der Waals surface area contributed by atoms with Crippen LogP contribution in [-0.2, 0) is 11.2 Å². The van der Waals surface area contributed by atoms with E-state index < -0.39 is 0 Å². The van der Waals surface area contributed by atoms with Crippen LogP contribution in [0.5, 0.6) is 11.5 Å². The van der Waals surface area contributed by atoms with Gasteiger partial charge in [0.1, 0.15) is 11.5 Å². The number of benzene rings is 2. The van der Waals surface area contributed by atoms with Crippen LogP contribution in [0.4, 0.5) is 5.13 Å². The van der Waals surface area contributed by atoms with E-state index in [4.69, 9.17) is 30.1 Å². The van der Waals surface area contributed by atoms with Gasteiger partial charge in [0.2, 0.25) is 0 Å². The number of anilines is 1. The summed E-state index contributed by atoms with van der Waals surface area (Å²) in [7, 11) is 0. The lowest BCUT2D eigenvalue weighted by molar-refractivity contribution is 0.0392. The van der Waals surface area contributed by atoms with Gasteiger partial charge in [0.15, 0.2) is 11.0 Å². The summed E-state index contributed by atoms with van der Waals surface area (Å²) in [5.41, 5.74) is 8.47. The molecule has 0 amide bonds. The third-order valence-corrected chi connectivity index (χ3v) is 8.42. The quantitative estimate of drug-likeness (QED) is 0.0777. The van der Waals surface area contributed by atoms with Crippen LogP contribution in [0.3, 0.4) is 0 Å². The number of aryl methyl sites for hydroxylation is 1. The predicted molar refractivity (Wildman–Crippen MR) is 166 cm³/mol. The highest BCUT2D eigenvalue weighted by molar-refractivity contribution is 7.16. The lowest BCUT2D eigenvalue weighted by Crippen LogP contribution is -2.41. The Bertz CT molecular complexity index is 1210. The number of hydrogen-bond donors (Lipinski definition) is 2. The average Bonchev–Trinajstić information content (AvgIpc) is 3.46. The molecule has 0 unspecified atom stereocenters. The van der Waals surface area contributed by atoms with E-state index in [0.717, 1.165) is 99.5 Å². The Morgan fingerprint density at radius 2 is 1.63 bits per heavy atom. The van der Waals surface area contributed by atoms with Crippen molar-refractivity contribution in [3.8, 4) is 22.8 Å². The summed E-state index contributed by atoms with van der Waals surface area (Å²) in [5.74, 6) is 1.73. The first-order valence-electron chi connectivity index (χ1n) is 14.6. The fourth-order valence-corrected chi connectivity index (χ4v) is 5.78. The van der Waals surface area contributed by atoms with Crippen molar-refractivity contribution in [2.45, 2.75) is 39.5 Å². The molecule has 0 radical (unpaired) electrons. The second-order valence-electron chi connectivity index (χ2n) is 9.95. The van der Waals surface area contributed by atoms with Gasteiger partial charge in [0.25, 0.3) is 0 Å². The highest BCUT2D eigenvalue weighted by Gasteiger charge is 2.18. The molecule has 1 aliphatic rings. The molecule has 41 heavy (non-hydrogen) atoms. The Kier molecular flexibility index (Phi) is 12.1. The number of ether oxygens (including phenoxy) is 3. The topological polar surface area (TPSA) is 106 Å². The molecular formula is C31H43N5O4S. The zero-order valence-electron chi connectivity index (χ0n) is 24.3. The zero-order valence-corrected chi connectivity index (χ0v) is 25.1. The van der Waals surface area contributed by atoms with Crippen molar-refractivity contribution in [2.24, 2.45) is 10.9 Å². The molecule has 0 aliphatic carbocycles. The Labute approximate surface area is 247 Å². The molecule has 0 spiro atoms. The molecule has 3 aromatic rings. The maximum absolute atomic E-state index is 8.74. The molecule has 0 saturated carbocycles. The van der Waals surface area contributed by atoms with Gasteiger partial charge in [-0.15, -0.1) is 11.3 Å². The number of rotatable bonds is 16. The number of thiazole rings is 1. The van der Waals surface area contributed by atoms with Gasteiger partial charge >= 0.3 is 0 Å². The lowest BCUT2D eigenvalue weighted by atomic mass is 10.1. The van der Waals surface area contributed by atoms with Crippen molar-refractivity contribution >= 4 is 22.3 Å². The van der Waals surface area contributed by atoms with Crippen LogP contribution in [0.1, 0.15) is 43.6 Å². The SMILES string of the molecule is CCc1sc(N(CC)CCN2CCOCC2)nc1-c1ccc(OCCCCCOc2ccc(/C(N)=N/O)cc2)cc1. The van der Waals surface area contributed by atoms with Crippen molar-refractivity contribution in [1.82, 2.24) is 9.88 Å². The van der Waals surface area contributed by atoms with Crippen LogP contribution in [0.15, 0.2) is 53.7 Å². The van der Waals surface area contributed by atoms with Gasteiger partial charge in [-0.3, -0.25) is 4.90 Å². The smallest absolute Gasteiger partial charge is 0.186 e. The largest absolute Gasteiger partial charge is 0.494 e. The fourth-order valence-electron chi connectivity index (χ4n) is 4.67. The average molecular weight is 582 g/mol. The summed E-state index contributed by atoms with van der Waals surface area (Å²) in [5, 5.41) is 12.8. The number of nitrogens with two attached hydrogens (primary N) is 1. The summed E-state index contributed by atoms with van der Waals surface area (Å²) < 4.78 is 17.3. The maximum atomic E-state index is 8.74. The number of unbranched alkanes of at least 4 members (excludes halogenated alkanes) is 2. The molecular weight excluding hydrogens is 538 g/mol. The van der Waals surface area contributed by atoms with Crippen molar-refractivity contribution in [1.29, 1.82) is 0 Å². The number of aromatic nitrogens is 1. The Morgan fingerprint density at radius 1 is 1.00 bits per heavy atom. The molecule has 0 bridgehead atoms. The fraction of sp³-hybridized carbons (Fsp3) is 0.484. The highest BCUT2D eigenvalue weighted by Crippen LogP contribution is 2.34. The minimum atomic E-state index is 0.0863. The van der Waals surface area contributed by atoms with Gasteiger partial charge in [0, 0.05) is 48.7 Å². The highest BCUT2D eigenvalue weighted by atomic mass is 32.1. The van der Waals surface area contributed by atoms with Crippen LogP contribution in [0.25, 0.3) is 11.3 Å². The summed E-state index contributed by atoms with van der Waals surface area (Å²) in [4.78, 5) is 11.3.